The van der Waals surface area contributed by atoms with Crippen LogP contribution >= 0.6 is 27.5 Å². The van der Waals surface area contributed by atoms with Crippen molar-refractivity contribution in [3.63, 3.8) is 0 Å². The molecule has 0 saturated heterocycles. The first-order valence-electron chi connectivity index (χ1n) is 5.53. The molecule has 0 aliphatic rings. The molecule has 8 heteroatoms. The summed E-state index contributed by atoms with van der Waals surface area (Å²) in [6.07, 6.45) is 0. The Hall–Kier alpha value is -1.73. The number of hydrogen-bond acceptors (Lipinski definition) is 5. The van der Waals surface area contributed by atoms with Gasteiger partial charge in [-0.3, -0.25) is 10.1 Å². The Kier molecular flexibility index (Phi) is 4.51. The highest BCUT2D eigenvalue weighted by Crippen LogP contribution is 2.34. The maximum Gasteiger partial charge on any atom is 0.312 e. The van der Waals surface area contributed by atoms with E-state index in [0.29, 0.717) is 15.7 Å². The number of aryl methyl sites for hydroxylation is 1. The first kappa shape index (κ1) is 14.7. The fraction of sp³-hybridized carbons (Fsp3) is 0.167. The van der Waals surface area contributed by atoms with E-state index in [-0.39, 0.29) is 23.2 Å². The van der Waals surface area contributed by atoms with Crippen LogP contribution < -0.4 is 4.74 Å². The average Bonchev–Trinajstić information content (AvgIpc) is 2.38. The van der Waals surface area contributed by atoms with E-state index < -0.39 is 4.92 Å². The van der Waals surface area contributed by atoms with Gasteiger partial charge in [0.15, 0.2) is 5.15 Å². The minimum Gasteiger partial charge on any atom is -0.480 e. The van der Waals surface area contributed by atoms with Gasteiger partial charge in [-0.15, -0.1) is 5.10 Å². The molecule has 0 fully saturated rings. The second-order valence-electron chi connectivity index (χ2n) is 3.96. The van der Waals surface area contributed by atoms with Crippen molar-refractivity contribution in [2.75, 3.05) is 0 Å². The third-order valence-electron chi connectivity index (χ3n) is 2.47. The van der Waals surface area contributed by atoms with Crippen molar-refractivity contribution >= 4 is 33.2 Å². The molecule has 2 rings (SSSR count). The first-order valence-corrected chi connectivity index (χ1v) is 6.70. The van der Waals surface area contributed by atoms with Crippen LogP contribution in [0.5, 0.6) is 5.75 Å². The van der Waals surface area contributed by atoms with E-state index in [2.05, 4.69) is 26.1 Å². The summed E-state index contributed by atoms with van der Waals surface area (Å²) in [5, 5.41) is 18.8. The molecule has 0 unspecified atom stereocenters. The summed E-state index contributed by atoms with van der Waals surface area (Å²) in [6, 6.07) is 6.37. The van der Waals surface area contributed by atoms with Crippen molar-refractivity contribution in [3.05, 3.63) is 55.3 Å². The maximum atomic E-state index is 11.0. The number of hydrogen-bond donors (Lipinski definition) is 0. The van der Waals surface area contributed by atoms with E-state index in [1.807, 2.05) is 0 Å². The van der Waals surface area contributed by atoms with E-state index in [0.717, 1.165) is 0 Å². The van der Waals surface area contributed by atoms with Gasteiger partial charge in [-0.1, -0.05) is 27.5 Å². The lowest BCUT2D eigenvalue weighted by Crippen LogP contribution is -2.03. The molecule has 1 heterocycles. The van der Waals surface area contributed by atoms with Crippen LogP contribution in [0, 0.1) is 17.0 Å². The lowest BCUT2D eigenvalue weighted by Gasteiger charge is -2.09. The van der Waals surface area contributed by atoms with E-state index in [4.69, 9.17) is 16.3 Å². The van der Waals surface area contributed by atoms with Crippen molar-refractivity contribution in [2.45, 2.75) is 13.5 Å². The molecule has 20 heavy (non-hydrogen) atoms. The number of nitro benzene ring substituents is 1. The van der Waals surface area contributed by atoms with Crippen LogP contribution in [0.2, 0.25) is 5.15 Å². The highest BCUT2D eigenvalue weighted by molar-refractivity contribution is 9.10. The highest BCUT2D eigenvalue weighted by atomic mass is 79.9. The molecule has 0 saturated carbocycles. The van der Waals surface area contributed by atoms with Gasteiger partial charge < -0.3 is 4.74 Å². The predicted molar refractivity (Wildman–Crippen MR) is 76.9 cm³/mol. The molecular weight excluding hydrogens is 350 g/mol. The molecule has 0 spiro atoms. The number of ether oxygens (including phenoxy) is 1. The van der Waals surface area contributed by atoms with Crippen molar-refractivity contribution in [3.8, 4) is 5.75 Å². The molecule has 6 nitrogen and oxygen atoms in total. The topological polar surface area (TPSA) is 78.2 Å². The molecule has 0 atom stereocenters. The standard InChI is InChI=1S/C12H9BrClN3O3/c1-7-4-8(13)5-10(17(18)19)12(7)20-6-9-2-3-11(14)16-15-9/h2-5H,6H2,1H3. The van der Waals surface area contributed by atoms with Gasteiger partial charge in [0.05, 0.1) is 4.92 Å². The quantitative estimate of drug-likeness (QED) is 0.615. The smallest absolute Gasteiger partial charge is 0.312 e. The van der Waals surface area contributed by atoms with Crippen molar-refractivity contribution in [1.82, 2.24) is 10.2 Å². The van der Waals surface area contributed by atoms with Crippen molar-refractivity contribution < 1.29 is 9.66 Å². The Balaban J connectivity index is 2.24. The van der Waals surface area contributed by atoms with Crippen LogP contribution in [-0.2, 0) is 6.61 Å². The second-order valence-corrected chi connectivity index (χ2v) is 5.27. The van der Waals surface area contributed by atoms with Crippen molar-refractivity contribution in [1.29, 1.82) is 0 Å². The van der Waals surface area contributed by atoms with Gasteiger partial charge in [0.1, 0.15) is 12.3 Å². The van der Waals surface area contributed by atoms with Crippen LogP contribution in [0.25, 0.3) is 0 Å². The minimum atomic E-state index is -0.485. The lowest BCUT2D eigenvalue weighted by atomic mass is 10.2. The van der Waals surface area contributed by atoms with Crippen LogP contribution in [-0.4, -0.2) is 15.1 Å². The molecule has 0 radical (unpaired) electrons. The van der Waals surface area contributed by atoms with E-state index in [1.165, 1.54) is 6.07 Å². The molecule has 104 valence electrons. The number of benzene rings is 1. The number of halogens is 2. The van der Waals surface area contributed by atoms with Crippen LogP contribution in [0.4, 0.5) is 5.69 Å². The van der Waals surface area contributed by atoms with Gasteiger partial charge in [0, 0.05) is 10.5 Å². The first-order chi connectivity index (χ1) is 9.47. The number of nitrogens with zero attached hydrogens (tertiary/aromatic N) is 3. The second kappa shape index (κ2) is 6.15. The summed E-state index contributed by atoms with van der Waals surface area (Å²) in [6.45, 7) is 1.81. The summed E-state index contributed by atoms with van der Waals surface area (Å²) >= 11 is 8.85. The fourth-order valence-corrected chi connectivity index (χ4v) is 2.26. The molecule has 1 aromatic carbocycles. The maximum absolute atomic E-state index is 11.0. The van der Waals surface area contributed by atoms with Crippen LogP contribution in [0.3, 0.4) is 0 Å². The largest absolute Gasteiger partial charge is 0.480 e. The number of nitro groups is 1. The zero-order chi connectivity index (χ0) is 14.7. The molecule has 0 N–H and O–H groups in total. The molecular formula is C12H9BrClN3O3. The van der Waals surface area contributed by atoms with Crippen LogP contribution in [0.1, 0.15) is 11.3 Å². The molecule has 1 aromatic heterocycles. The molecule has 0 aliphatic carbocycles. The number of aromatic nitrogens is 2. The Morgan fingerprint density at radius 3 is 2.75 bits per heavy atom. The molecule has 0 amide bonds. The van der Waals surface area contributed by atoms with Crippen molar-refractivity contribution in [2.24, 2.45) is 0 Å². The van der Waals surface area contributed by atoms with Gasteiger partial charge >= 0.3 is 5.69 Å². The Labute approximate surface area is 128 Å². The van der Waals surface area contributed by atoms with Crippen LogP contribution in [0.15, 0.2) is 28.7 Å². The number of rotatable bonds is 4. The van der Waals surface area contributed by atoms with Gasteiger partial charge in [-0.05, 0) is 30.7 Å². The van der Waals surface area contributed by atoms with Gasteiger partial charge in [0.2, 0.25) is 5.75 Å². The lowest BCUT2D eigenvalue weighted by molar-refractivity contribution is -0.386. The SMILES string of the molecule is Cc1cc(Br)cc([N+](=O)[O-])c1OCc1ccc(Cl)nn1. The fourth-order valence-electron chi connectivity index (χ4n) is 1.60. The van der Waals surface area contributed by atoms with Gasteiger partial charge in [-0.2, -0.15) is 5.10 Å². The molecule has 2 aromatic rings. The highest BCUT2D eigenvalue weighted by Gasteiger charge is 2.19. The summed E-state index contributed by atoms with van der Waals surface area (Å²) in [5.74, 6) is 0.218. The van der Waals surface area contributed by atoms with Gasteiger partial charge in [-0.25, -0.2) is 0 Å². The predicted octanol–water partition coefficient (Wildman–Crippen LogP) is 3.69. The molecule has 0 aliphatic heterocycles. The zero-order valence-corrected chi connectivity index (χ0v) is 12.7. The van der Waals surface area contributed by atoms with E-state index in [1.54, 1.807) is 25.1 Å². The zero-order valence-electron chi connectivity index (χ0n) is 10.3. The van der Waals surface area contributed by atoms with E-state index in [9.17, 15) is 10.1 Å². The third kappa shape index (κ3) is 3.43. The normalized spacial score (nSPS) is 10.3. The van der Waals surface area contributed by atoms with Gasteiger partial charge in [0.25, 0.3) is 0 Å². The minimum absolute atomic E-state index is 0.0769. The Bertz CT molecular complexity index is 649. The molecule has 0 bridgehead atoms. The summed E-state index contributed by atoms with van der Waals surface area (Å²) < 4.78 is 6.13. The summed E-state index contributed by atoms with van der Waals surface area (Å²) in [4.78, 5) is 10.6. The Morgan fingerprint density at radius 2 is 2.15 bits per heavy atom. The Morgan fingerprint density at radius 1 is 1.40 bits per heavy atom. The average molecular weight is 359 g/mol. The summed E-state index contributed by atoms with van der Waals surface area (Å²) in [7, 11) is 0. The van der Waals surface area contributed by atoms with E-state index >= 15 is 0 Å². The monoisotopic (exact) mass is 357 g/mol. The third-order valence-corrected chi connectivity index (χ3v) is 3.13. The summed E-state index contributed by atoms with van der Waals surface area (Å²) in [5.41, 5.74) is 1.10.